The second-order valence-corrected chi connectivity index (χ2v) is 7.93. The predicted molar refractivity (Wildman–Crippen MR) is 109 cm³/mol. The van der Waals surface area contributed by atoms with E-state index in [4.69, 9.17) is 9.47 Å². The molecule has 0 saturated carbocycles. The minimum absolute atomic E-state index is 0.130. The normalized spacial score (nSPS) is 18.2. The van der Waals surface area contributed by atoms with Gasteiger partial charge >= 0.3 is 6.18 Å². The lowest BCUT2D eigenvalue weighted by molar-refractivity contribution is -0.202. The summed E-state index contributed by atoms with van der Waals surface area (Å²) in [6.45, 7) is 2.28. The van der Waals surface area contributed by atoms with Crippen LogP contribution in [0.2, 0.25) is 0 Å². The Kier molecular flexibility index (Phi) is 5.96. The summed E-state index contributed by atoms with van der Waals surface area (Å²) in [5.41, 5.74) is 0.445. The molecule has 0 spiro atoms. The van der Waals surface area contributed by atoms with Crippen LogP contribution in [0.4, 0.5) is 13.2 Å². The second kappa shape index (κ2) is 8.55. The Morgan fingerprint density at radius 2 is 1.28 bits per heavy atom. The number of hydrogen-bond donors (Lipinski definition) is 0. The molecule has 0 atom stereocenters. The van der Waals surface area contributed by atoms with Crippen molar-refractivity contribution in [3.63, 3.8) is 0 Å². The summed E-state index contributed by atoms with van der Waals surface area (Å²) in [6, 6.07) is 11.4. The predicted octanol–water partition coefficient (Wildman–Crippen LogP) is 3.18. The number of benzene rings is 2. The topological polar surface area (TPSA) is 59.1 Å². The molecule has 0 unspecified atom stereocenters. The second-order valence-electron chi connectivity index (χ2n) is 7.93. The molecule has 2 aliphatic rings. The van der Waals surface area contributed by atoms with Gasteiger partial charge < -0.3 is 19.3 Å². The van der Waals surface area contributed by atoms with Crippen LogP contribution in [0.3, 0.4) is 0 Å². The summed E-state index contributed by atoms with van der Waals surface area (Å²) < 4.78 is 48.9. The molecular weight excluding hydrogens is 425 g/mol. The minimum atomic E-state index is -4.44. The van der Waals surface area contributed by atoms with Gasteiger partial charge in [0.2, 0.25) is 0 Å². The number of nitrogens with zero attached hydrogens (tertiary/aromatic N) is 2. The maximum absolute atomic E-state index is 12.9. The molecule has 170 valence electrons. The molecule has 9 heteroatoms. The van der Waals surface area contributed by atoms with Crippen LogP contribution < -0.4 is 0 Å². The van der Waals surface area contributed by atoms with E-state index in [1.54, 1.807) is 29.0 Å². The first-order chi connectivity index (χ1) is 15.2. The number of halogens is 3. The number of hydrogen-bond acceptors (Lipinski definition) is 4. The lowest BCUT2D eigenvalue weighted by atomic mass is 9.91. The maximum Gasteiger partial charge on any atom is 0.416 e. The molecule has 0 radical (unpaired) electrons. The number of methoxy groups -OCH3 is 1. The van der Waals surface area contributed by atoms with Gasteiger partial charge in [0, 0.05) is 44.4 Å². The highest BCUT2D eigenvalue weighted by atomic mass is 19.4. The Balaban J connectivity index is 1.35. The van der Waals surface area contributed by atoms with E-state index in [0.29, 0.717) is 45.0 Å². The van der Waals surface area contributed by atoms with Gasteiger partial charge in [-0.3, -0.25) is 9.59 Å². The van der Waals surface area contributed by atoms with E-state index in [2.05, 4.69) is 0 Å². The summed E-state index contributed by atoms with van der Waals surface area (Å²) in [5, 5.41) is 0. The van der Waals surface area contributed by atoms with Crippen molar-refractivity contribution in [3.05, 3.63) is 70.8 Å². The SMILES string of the molecule is COC1(c2ccc(C(=O)N3CCN(C(=O)c4ccc(C(F)(F)F)cc4)CC3)cc2)COC1. The lowest BCUT2D eigenvalue weighted by Gasteiger charge is -2.40. The molecule has 0 N–H and O–H groups in total. The Hall–Kier alpha value is -2.91. The van der Waals surface area contributed by atoms with Gasteiger partial charge in [0.1, 0.15) is 5.60 Å². The summed E-state index contributed by atoms with van der Waals surface area (Å²) in [5.74, 6) is -0.475. The van der Waals surface area contributed by atoms with Crippen LogP contribution in [0.15, 0.2) is 48.5 Å². The number of carbonyl (C=O) groups excluding carboxylic acids is 2. The fourth-order valence-electron chi connectivity index (χ4n) is 3.89. The Labute approximate surface area is 183 Å². The average molecular weight is 448 g/mol. The van der Waals surface area contributed by atoms with Crippen molar-refractivity contribution in [2.75, 3.05) is 46.5 Å². The highest BCUT2D eigenvalue weighted by Crippen LogP contribution is 2.33. The summed E-state index contributed by atoms with van der Waals surface area (Å²) in [6.07, 6.45) is -4.44. The minimum Gasteiger partial charge on any atom is -0.375 e. The van der Waals surface area contributed by atoms with Gasteiger partial charge in [-0.1, -0.05) is 12.1 Å². The first-order valence-corrected chi connectivity index (χ1v) is 10.2. The van der Waals surface area contributed by atoms with Crippen molar-refractivity contribution >= 4 is 11.8 Å². The smallest absolute Gasteiger partial charge is 0.375 e. The van der Waals surface area contributed by atoms with E-state index in [1.165, 1.54) is 12.1 Å². The number of carbonyl (C=O) groups is 2. The molecule has 32 heavy (non-hydrogen) atoms. The van der Waals surface area contributed by atoms with Crippen LogP contribution in [0.5, 0.6) is 0 Å². The maximum atomic E-state index is 12.9. The first-order valence-electron chi connectivity index (χ1n) is 10.2. The standard InChI is InChI=1S/C23H23F3N2O4/c1-31-22(14-32-15-22)18-6-2-16(3-7-18)20(29)27-10-12-28(13-11-27)21(30)17-4-8-19(9-5-17)23(24,25)26/h2-9H,10-15H2,1H3. The van der Waals surface area contributed by atoms with E-state index in [9.17, 15) is 22.8 Å². The fourth-order valence-corrected chi connectivity index (χ4v) is 3.89. The van der Waals surface area contributed by atoms with E-state index in [1.807, 2.05) is 12.1 Å². The highest BCUT2D eigenvalue weighted by molar-refractivity contribution is 5.96. The third-order valence-corrected chi connectivity index (χ3v) is 6.03. The monoisotopic (exact) mass is 448 g/mol. The zero-order valence-corrected chi connectivity index (χ0v) is 17.5. The van der Waals surface area contributed by atoms with Crippen LogP contribution in [0, 0.1) is 0 Å². The first kappa shape index (κ1) is 22.3. The Morgan fingerprint density at radius 3 is 1.62 bits per heavy atom. The largest absolute Gasteiger partial charge is 0.416 e. The third kappa shape index (κ3) is 4.22. The molecule has 0 aromatic heterocycles. The molecule has 2 saturated heterocycles. The number of amides is 2. The fraction of sp³-hybridized carbons (Fsp3) is 0.391. The van der Waals surface area contributed by atoms with Crippen LogP contribution in [0.25, 0.3) is 0 Å². The highest BCUT2D eigenvalue weighted by Gasteiger charge is 2.40. The van der Waals surface area contributed by atoms with E-state index in [0.717, 1.165) is 17.7 Å². The van der Waals surface area contributed by atoms with Crippen molar-refractivity contribution in [2.45, 2.75) is 11.8 Å². The molecule has 2 aromatic carbocycles. The number of piperazine rings is 1. The van der Waals surface area contributed by atoms with Gasteiger partial charge in [0.15, 0.2) is 0 Å². The molecule has 2 fully saturated rings. The molecule has 4 rings (SSSR count). The van der Waals surface area contributed by atoms with Crippen LogP contribution in [0.1, 0.15) is 31.8 Å². The number of ether oxygens (including phenoxy) is 2. The number of alkyl halides is 3. The third-order valence-electron chi connectivity index (χ3n) is 6.03. The Morgan fingerprint density at radius 1 is 0.844 bits per heavy atom. The van der Waals surface area contributed by atoms with E-state index in [-0.39, 0.29) is 17.4 Å². The van der Waals surface area contributed by atoms with E-state index >= 15 is 0 Å². The van der Waals surface area contributed by atoms with Crippen molar-refractivity contribution in [1.29, 1.82) is 0 Å². The van der Waals surface area contributed by atoms with Gasteiger partial charge in [-0.15, -0.1) is 0 Å². The van der Waals surface area contributed by atoms with Crippen molar-refractivity contribution in [3.8, 4) is 0 Å². The van der Waals surface area contributed by atoms with Crippen molar-refractivity contribution in [1.82, 2.24) is 9.80 Å². The lowest BCUT2D eigenvalue weighted by Crippen LogP contribution is -2.50. The van der Waals surface area contributed by atoms with Gasteiger partial charge in [0.05, 0.1) is 18.8 Å². The molecular formula is C23H23F3N2O4. The zero-order chi connectivity index (χ0) is 22.9. The molecule has 2 aromatic rings. The van der Waals surface area contributed by atoms with Gasteiger partial charge in [0.25, 0.3) is 11.8 Å². The molecule has 2 aliphatic heterocycles. The van der Waals surface area contributed by atoms with Crippen LogP contribution in [-0.4, -0.2) is 68.1 Å². The quantitative estimate of drug-likeness (QED) is 0.721. The molecule has 2 heterocycles. The molecule has 6 nitrogen and oxygen atoms in total. The van der Waals surface area contributed by atoms with Gasteiger partial charge in [-0.25, -0.2) is 0 Å². The average Bonchev–Trinajstić information content (AvgIpc) is 2.78. The van der Waals surface area contributed by atoms with Crippen molar-refractivity contribution in [2.24, 2.45) is 0 Å². The Bertz CT molecular complexity index is 972. The van der Waals surface area contributed by atoms with Crippen molar-refractivity contribution < 1.29 is 32.2 Å². The summed E-state index contributed by atoms with van der Waals surface area (Å²) in [4.78, 5) is 28.7. The number of rotatable bonds is 4. The molecule has 0 aliphatic carbocycles. The van der Waals surface area contributed by atoms with Crippen LogP contribution in [-0.2, 0) is 21.3 Å². The summed E-state index contributed by atoms with van der Waals surface area (Å²) in [7, 11) is 1.63. The molecule has 2 amide bonds. The van der Waals surface area contributed by atoms with Gasteiger partial charge in [-0.05, 0) is 42.0 Å². The zero-order valence-electron chi connectivity index (χ0n) is 17.5. The van der Waals surface area contributed by atoms with Gasteiger partial charge in [-0.2, -0.15) is 13.2 Å². The summed E-state index contributed by atoms with van der Waals surface area (Å²) >= 11 is 0. The van der Waals surface area contributed by atoms with Crippen LogP contribution >= 0.6 is 0 Å². The van der Waals surface area contributed by atoms with E-state index < -0.39 is 17.3 Å². The molecule has 0 bridgehead atoms.